The number of aryl methyl sites for hydroxylation is 2. The molecule has 166 valence electrons. The number of hydrogen-bond donors (Lipinski definition) is 0. The average Bonchev–Trinajstić information content (AvgIpc) is 3.10. The number of rotatable bonds is 7. The molecule has 0 aliphatic rings. The molecule has 1 aromatic carbocycles. The summed E-state index contributed by atoms with van der Waals surface area (Å²) in [6.45, 7) is 9.74. The van der Waals surface area contributed by atoms with Gasteiger partial charge in [-0.15, -0.1) is 11.8 Å². The van der Waals surface area contributed by atoms with E-state index in [0.29, 0.717) is 34.5 Å². The Morgan fingerprint density at radius 1 is 1.19 bits per heavy atom. The Morgan fingerprint density at radius 3 is 2.39 bits per heavy atom. The third-order valence-electron chi connectivity index (χ3n) is 5.20. The molecule has 0 atom stereocenters. The van der Waals surface area contributed by atoms with E-state index in [1.165, 1.54) is 16.3 Å². The highest BCUT2D eigenvalue weighted by atomic mass is 32.2. The molecule has 0 aliphatic heterocycles. The van der Waals surface area contributed by atoms with Crippen LogP contribution in [0.4, 0.5) is 0 Å². The van der Waals surface area contributed by atoms with Crippen LogP contribution in [0.5, 0.6) is 0 Å². The Bertz CT molecular complexity index is 1230. The van der Waals surface area contributed by atoms with Crippen LogP contribution in [0.15, 0.2) is 39.1 Å². The summed E-state index contributed by atoms with van der Waals surface area (Å²) in [4.78, 5) is 16.9. The number of esters is 1. The summed E-state index contributed by atoms with van der Waals surface area (Å²) >= 11 is 1.25. The molecule has 0 bridgehead atoms. The average molecular weight is 462 g/mol. The lowest BCUT2D eigenvalue weighted by Crippen LogP contribution is -2.13. The first kappa shape index (κ1) is 23.3. The first-order valence-electron chi connectivity index (χ1n) is 10.0. The Balaban J connectivity index is 2.19. The minimum Gasteiger partial charge on any atom is -0.466 e. The van der Waals surface area contributed by atoms with Crippen molar-refractivity contribution in [2.24, 2.45) is 0 Å². The molecule has 2 aromatic heterocycles. The van der Waals surface area contributed by atoms with Gasteiger partial charge in [0.2, 0.25) is 9.84 Å². The number of ether oxygens (including phenoxy) is 1. The largest absolute Gasteiger partial charge is 0.466 e. The number of benzene rings is 1. The fraction of sp³-hybridized carbons (Fsp3) is 0.409. The maximum atomic E-state index is 13.6. The van der Waals surface area contributed by atoms with E-state index in [0.717, 1.165) is 5.56 Å². The number of hydrogen-bond acceptors (Lipinski definition) is 7. The molecule has 3 aromatic rings. The standard InChI is InChI=1S/C22H27N3O4S2/c1-7-29-19(26)12-18-14(4)23-21-20(22(30-6)24-25(21)15(18)5)31(27,28)17-10-8-16(9-11-17)13(2)3/h8-11,13H,7,12H2,1-6H3. The van der Waals surface area contributed by atoms with Gasteiger partial charge in [-0.05, 0) is 50.6 Å². The van der Waals surface area contributed by atoms with Gasteiger partial charge in [0.15, 0.2) is 10.5 Å². The summed E-state index contributed by atoms with van der Waals surface area (Å²) in [5.41, 5.74) is 3.27. The van der Waals surface area contributed by atoms with Crippen molar-refractivity contribution in [3.8, 4) is 0 Å². The van der Waals surface area contributed by atoms with Gasteiger partial charge in [0.05, 0.1) is 17.9 Å². The summed E-state index contributed by atoms with van der Waals surface area (Å²) < 4.78 is 33.7. The van der Waals surface area contributed by atoms with Crippen molar-refractivity contribution in [2.45, 2.75) is 61.8 Å². The second kappa shape index (κ2) is 9.00. The molecular weight excluding hydrogens is 434 g/mol. The maximum absolute atomic E-state index is 13.6. The number of carbonyl (C=O) groups excluding carboxylic acids is 1. The van der Waals surface area contributed by atoms with Crippen LogP contribution in [0.3, 0.4) is 0 Å². The van der Waals surface area contributed by atoms with Gasteiger partial charge in [-0.25, -0.2) is 17.9 Å². The molecule has 0 aliphatic carbocycles. The lowest BCUT2D eigenvalue weighted by atomic mass is 10.0. The predicted molar refractivity (Wildman–Crippen MR) is 121 cm³/mol. The Kier molecular flexibility index (Phi) is 6.76. The molecule has 0 radical (unpaired) electrons. The number of carbonyl (C=O) groups is 1. The molecular formula is C22H27N3O4S2. The monoisotopic (exact) mass is 461 g/mol. The lowest BCUT2D eigenvalue weighted by molar-refractivity contribution is -0.142. The van der Waals surface area contributed by atoms with Crippen molar-refractivity contribution < 1.29 is 17.9 Å². The second-order valence-electron chi connectivity index (χ2n) is 7.54. The SMILES string of the molecule is CCOC(=O)Cc1c(C)nc2c(S(=O)(=O)c3ccc(C(C)C)cc3)c(SC)nn2c1C. The zero-order valence-corrected chi connectivity index (χ0v) is 20.2. The summed E-state index contributed by atoms with van der Waals surface area (Å²) in [5.74, 6) is -0.0505. The highest BCUT2D eigenvalue weighted by Gasteiger charge is 2.30. The fourth-order valence-corrected chi connectivity index (χ4v) is 5.85. The molecule has 31 heavy (non-hydrogen) atoms. The van der Waals surface area contributed by atoms with Gasteiger partial charge in [0.25, 0.3) is 0 Å². The van der Waals surface area contributed by atoms with Crippen LogP contribution in [-0.2, 0) is 25.8 Å². The van der Waals surface area contributed by atoms with Crippen LogP contribution in [0.2, 0.25) is 0 Å². The van der Waals surface area contributed by atoms with Crippen molar-refractivity contribution in [3.05, 3.63) is 46.8 Å². The summed E-state index contributed by atoms with van der Waals surface area (Å²) in [6, 6.07) is 6.94. The third kappa shape index (κ3) is 4.34. The molecule has 0 unspecified atom stereocenters. The molecule has 0 amide bonds. The summed E-state index contributed by atoms with van der Waals surface area (Å²) in [7, 11) is -3.84. The number of thioether (sulfide) groups is 1. The molecule has 2 heterocycles. The molecule has 9 heteroatoms. The minimum atomic E-state index is -3.84. The highest BCUT2D eigenvalue weighted by molar-refractivity contribution is 7.99. The Hall–Kier alpha value is -2.39. The number of sulfone groups is 1. The fourth-order valence-electron chi connectivity index (χ4n) is 3.45. The Morgan fingerprint density at radius 2 is 1.84 bits per heavy atom. The van der Waals surface area contributed by atoms with E-state index >= 15 is 0 Å². The quantitative estimate of drug-likeness (QED) is 0.386. The molecule has 7 nitrogen and oxygen atoms in total. The summed E-state index contributed by atoms with van der Waals surface area (Å²) in [5, 5.41) is 4.88. The van der Waals surface area contributed by atoms with Crippen LogP contribution in [0.1, 0.15) is 49.2 Å². The first-order chi connectivity index (χ1) is 14.6. The zero-order chi connectivity index (χ0) is 22.9. The third-order valence-corrected chi connectivity index (χ3v) is 7.81. The molecule has 0 saturated heterocycles. The zero-order valence-electron chi connectivity index (χ0n) is 18.6. The molecule has 0 N–H and O–H groups in total. The number of nitrogens with zero attached hydrogens (tertiary/aromatic N) is 3. The minimum absolute atomic E-state index is 0.0572. The van der Waals surface area contributed by atoms with Crippen LogP contribution in [0.25, 0.3) is 5.65 Å². The van der Waals surface area contributed by atoms with Gasteiger partial charge in [-0.1, -0.05) is 26.0 Å². The van der Waals surface area contributed by atoms with E-state index < -0.39 is 9.84 Å². The van der Waals surface area contributed by atoms with E-state index in [1.807, 2.05) is 12.1 Å². The Labute approximate surface area is 187 Å². The van der Waals surface area contributed by atoms with Gasteiger partial charge in [-0.3, -0.25) is 4.79 Å². The van der Waals surface area contributed by atoms with Crippen molar-refractivity contribution in [1.29, 1.82) is 0 Å². The van der Waals surface area contributed by atoms with Crippen LogP contribution in [-0.4, -0.2) is 41.8 Å². The van der Waals surface area contributed by atoms with E-state index in [1.54, 1.807) is 39.2 Å². The van der Waals surface area contributed by atoms with Crippen molar-refractivity contribution >= 4 is 33.2 Å². The highest BCUT2D eigenvalue weighted by Crippen LogP contribution is 2.34. The van der Waals surface area contributed by atoms with Crippen LogP contribution < -0.4 is 0 Å². The van der Waals surface area contributed by atoms with E-state index in [9.17, 15) is 13.2 Å². The van der Waals surface area contributed by atoms with E-state index in [2.05, 4.69) is 23.9 Å². The maximum Gasteiger partial charge on any atom is 0.310 e. The van der Waals surface area contributed by atoms with Crippen molar-refractivity contribution in [1.82, 2.24) is 14.6 Å². The first-order valence-corrected chi connectivity index (χ1v) is 12.8. The predicted octanol–water partition coefficient (Wildman–Crippen LogP) is 4.13. The van der Waals surface area contributed by atoms with Gasteiger partial charge in [0.1, 0.15) is 5.03 Å². The normalized spacial score (nSPS) is 12.0. The van der Waals surface area contributed by atoms with Crippen LogP contribution in [0, 0.1) is 13.8 Å². The van der Waals surface area contributed by atoms with Gasteiger partial charge < -0.3 is 4.74 Å². The van der Waals surface area contributed by atoms with Crippen molar-refractivity contribution in [3.63, 3.8) is 0 Å². The van der Waals surface area contributed by atoms with Crippen molar-refractivity contribution in [2.75, 3.05) is 12.9 Å². The molecule has 0 spiro atoms. The molecule has 3 rings (SSSR count). The van der Waals surface area contributed by atoms with Gasteiger partial charge >= 0.3 is 5.97 Å². The topological polar surface area (TPSA) is 90.6 Å². The van der Waals surface area contributed by atoms with Gasteiger partial charge in [-0.2, -0.15) is 5.10 Å². The summed E-state index contributed by atoms with van der Waals surface area (Å²) in [6.07, 6.45) is 1.84. The molecule has 0 saturated carbocycles. The second-order valence-corrected chi connectivity index (χ2v) is 10.2. The molecule has 0 fully saturated rings. The smallest absolute Gasteiger partial charge is 0.310 e. The number of aromatic nitrogens is 3. The van der Waals surface area contributed by atoms with E-state index in [4.69, 9.17) is 4.74 Å². The van der Waals surface area contributed by atoms with Crippen LogP contribution >= 0.6 is 11.8 Å². The lowest BCUT2D eigenvalue weighted by Gasteiger charge is -2.11. The van der Waals surface area contributed by atoms with Gasteiger partial charge in [0, 0.05) is 17.0 Å². The number of fused-ring (bicyclic) bond motifs is 1. The van der Waals surface area contributed by atoms with E-state index in [-0.39, 0.29) is 27.8 Å².